The largest absolute Gasteiger partial charge is 0.507 e. The maximum Gasteiger partial charge on any atom is 0.249 e. The second-order valence-corrected chi connectivity index (χ2v) is 11.7. The predicted octanol–water partition coefficient (Wildman–Crippen LogP) is 5.36. The summed E-state index contributed by atoms with van der Waals surface area (Å²) in [6.07, 6.45) is 3.66. The molecular weight excluding hydrogens is 582 g/mol. The first-order chi connectivity index (χ1) is 19.9. The number of nitrogens with zero attached hydrogens (tertiary/aromatic N) is 2. The van der Waals surface area contributed by atoms with E-state index in [1.807, 2.05) is 12.3 Å². The summed E-state index contributed by atoms with van der Waals surface area (Å²) in [5.74, 6) is -1.50. The molecule has 2 unspecified atom stereocenters. The zero-order chi connectivity index (χ0) is 30.5. The van der Waals surface area contributed by atoms with Gasteiger partial charge in [-0.05, 0) is 58.3 Å². The highest BCUT2D eigenvalue weighted by molar-refractivity contribution is 7.98. The first kappa shape index (κ1) is 29.4. The lowest BCUT2D eigenvalue weighted by Crippen LogP contribution is -2.41. The van der Waals surface area contributed by atoms with Gasteiger partial charge in [0.1, 0.15) is 40.0 Å². The van der Waals surface area contributed by atoms with Gasteiger partial charge in [0.2, 0.25) is 11.7 Å². The zero-order valence-corrected chi connectivity index (χ0v) is 25.1. The number of phenols is 2. The third-order valence-corrected chi connectivity index (χ3v) is 8.59. The third-order valence-electron chi connectivity index (χ3n) is 7.62. The number of phenolic OH excluding ortho intramolecular Hbond substituents is 2. The van der Waals surface area contributed by atoms with Crippen molar-refractivity contribution in [2.24, 2.45) is 0 Å². The number of fused-ring (bicyclic) bond motifs is 3. The number of halogens is 1. The Labute approximate surface area is 250 Å². The number of allylic oxidation sites excluding steroid dienone is 4. The van der Waals surface area contributed by atoms with Gasteiger partial charge in [0.25, 0.3) is 0 Å². The molecule has 0 fully saturated rings. The summed E-state index contributed by atoms with van der Waals surface area (Å²) in [5.41, 5.74) is -1.02. The Morgan fingerprint density at radius 1 is 1.19 bits per heavy atom. The van der Waals surface area contributed by atoms with E-state index >= 15 is 0 Å². The molecule has 10 nitrogen and oxygen atoms in total. The van der Waals surface area contributed by atoms with Crippen LogP contribution < -0.4 is 10.1 Å². The molecule has 2 atom stereocenters. The molecule has 2 aliphatic rings. The van der Waals surface area contributed by atoms with Crippen LogP contribution in [0.2, 0.25) is 5.02 Å². The minimum Gasteiger partial charge on any atom is -0.507 e. The van der Waals surface area contributed by atoms with Crippen molar-refractivity contribution < 1.29 is 33.9 Å². The third kappa shape index (κ3) is 4.57. The Morgan fingerprint density at radius 3 is 2.57 bits per heavy atom. The van der Waals surface area contributed by atoms with Crippen LogP contribution in [-0.4, -0.2) is 49.7 Å². The molecule has 3 aromatic rings. The molecule has 218 valence electrons. The molecule has 2 heterocycles. The van der Waals surface area contributed by atoms with Gasteiger partial charge < -0.3 is 24.8 Å². The maximum atomic E-state index is 14.2. The van der Waals surface area contributed by atoms with Crippen LogP contribution in [0.5, 0.6) is 17.2 Å². The number of carbonyl (C=O) groups is 3. The number of aromatic nitrogens is 2. The Morgan fingerprint density at radius 2 is 1.90 bits per heavy atom. The molecule has 1 aliphatic carbocycles. The summed E-state index contributed by atoms with van der Waals surface area (Å²) in [6, 6.07) is 6.55. The van der Waals surface area contributed by atoms with E-state index in [1.165, 1.54) is 26.8 Å². The van der Waals surface area contributed by atoms with E-state index in [2.05, 4.69) is 15.5 Å². The first-order valence-corrected chi connectivity index (χ1v) is 14.8. The molecule has 0 amide bonds. The second kappa shape index (κ2) is 11.0. The van der Waals surface area contributed by atoms with Crippen molar-refractivity contribution in [3.05, 3.63) is 75.0 Å². The molecule has 0 saturated heterocycles. The number of benzene rings is 2. The summed E-state index contributed by atoms with van der Waals surface area (Å²) < 4.78 is 11.4. The van der Waals surface area contributed by atoms with E-state index in [1.54, 1.807) is 36.9 Å². The van der Waals surface area contributed by atoms with Gasteiger partial charge in [0, 0.05) is 22.9 Å². The van der Waals surface area contributed by atoms with Crippen LogP contribution in [0.15, 0.2) is 51.9 Å². The minimum atomic E-state index is -1.62. The topological polar surface area (TPSA) is 152 Å². The zero-order valence-electron chi connectivity index (χ0n) is 23.5. The lowest BCUT2D eigenvalue weighted by molar-refractivity contribution is -0.123. The molecule has 0 radical (unpaired) electrons. The summed E-state index contributed by atoms with van der Waals surface area (Å²) in [6.45, 7) is 5.79. The number of carbonyl (C=O) groups excluding carboxylic acids is 3. The molecule has 12 heteroatoms. The monoisotopic (exact) mass is 609 g/mol. The van der Waals surface area contributed by atoms with Gasteiger partial charge in [-0.25, -0.2) is 0 Å². The molecular formula is C30H28ClN3O7S. The van der Waals surface area contributed by atoms with Crippen LogP contribution in [-0.2, 0) is 15.0 Å². The summed E-state index contributed by atoms with van der Waals surface area (Å²) in [5, 5.41) is 29.4. The van der Waals surface area contributed by atoms with Crippen LogP contribution in [0.3, 0.4) is 0 Å². The molecule has 0 spiro atoms. The van der Waals surface area contributed by atoms with Gasteiger partial charge in [-0.3, -0.25) is 14.4 Å². The van der Waals surface area contributed by atoms with Crippen LogP contribution in [0.4, 0.5) is 0 Å². The van der Waals surface area contributed by atoms with Crippen molar-refractivity contribution in [2.75, 3.05) is 12.0 Å². The van der Waals surface area contributed by atoms with Gasteiger partial charge in [0.05, 0.1) is 16.2 Å². The molecule has 1 aromatic heterocycles. The van der Waals surface area contributed by atoms with Crippen molar-refractivity contribution in [1.29, 1.82) is 0 Å². The smallest absolute Gasteiger partial charge is 0.249 e. The molecule has 0 bridgehead atoms. The molecule has 42 heavy (non-hydrogen) atoms. The van der Waals surface area contributed by atoms with Crippen LogP contribution >= 0.6 is 23.4 Å². The van der Waals surface area contributed by atoms with Crippen molar-refractivity contribution in [1.82, 2.24) is 15.5 Å². The second-order valence-electron chi connectivity index (χ2n) is 10.3. The van der Waals surface area contributed by atoms with Gasteiger partial charge in [-0.15, -0.1) is 0 Å². The van der Waals surface area contributed by atoms with Crippen LogP contribution in [0.1, 0.15) is 60.6 Å². The van der Waals surface area contributed by atoms with Crippen molar-refractivity contribution in [3.8, 4) is 28.6 Å². The Kier molecular flexibility index (Phi) is 7.67. The fraction of sp³-hybridized carbons (Fsp3) is 0.300. The van der Waals surface area contributed by atoms with E-state index in [4.69, 9.17) is 20.9 Å². The van der Waals surface area contributed by atoms with Crippen LogP contribution in [0, 0.1) is 6.92 Å². The Bertz CT molecular complexity index is 1730. The fourth-order valence-electron chi connectivity index (χ4n) is 5.32. The average Bonchev–Trinajstić information content (AvgIpc) is 3.53. The number of hydrogen-bond acceptors (Lipinski definition) is 11. The molecule has 3 N–H and O–H groups in total. The van der Waals surface area contributed by atoms with Gasteiger partial charge in [0.15, 0.2) is 17.3 Å². The normalized spacial score (nSPS) is 19.5. The predicted molar refractivity (Wildman–Crippen MR) is 157 cm³/mol. The van der Waals surface area contributed by atoms with E-state index in [0.29, 0.717) is 28.6 Å². The SMILES string of the molecule is CSCCC(NC(C)=C1C(=O)C=C2Oc3c(C(C)=O)c(O)c(C)c(O)c3C2(C)C1=O)c1nc(-c2ccccc2Cl)no1. The Balaban J connectivity index is 1.56. The minimum absolute atomic E-state index is 0.0252. The quantitative estimate of drug-likeness (QED) is 0.172. The maximum absolute atomic E-state index is 14.2. The number of thioether (sulfide) groups is 1. The number of rotatable bonds is 8. The van der Waals surface area contributed by atoms with Gasteiger partial charge >= 0.3 is 0 Å². The highest BCUT2D eigenvalue weighted by Crippen LogP contribution is 2.57. The molecule has 0 saturated carbocycles. The molecule has 2 aromatic carbocycles. The number of ketones is 3. The van der Waals surface area contributed by atoms with E-state index in [-0.39, 0.29) is 51.1 Å². The van der Waals surface area contributed by atoms with Crippen molar-refractivity contribution in [2.45, 2.75) is 45.6 Å². The first-order valence-electron chi connectivity index (χ1n) is 13.1. The van der Waals surface area contributed by atoms with E-state index < -0.39 is 34.6 Å². The standard InChI is InChI=1S/C30H28ClN3O7S/c1-13-24(37)22(15(3)35)26-23(25(13)38)30(4)20(40-26)12-19(36)21(27(30)39)14(2)32-18(10-11-42-5)29-33-28(34-41-29)16-8-6-7-9-17(16)31/h6-9,12,18,32,37-38H,10-11H2,1-5H3. The molecule has 5 rings (SSSR count). The summed E-state index contributed by atoms with van der Waals surface area (Å²) >= 11 is 7.91. The number of ether oxygens (including phenoxy) is 1. The van der Waals surface area contributed by atoms with E-state index in [9.17, 15) is 24.6 Å². The fourth-order valence-corrected chi connectivity index (χ4v) is 6.01. The lowest BCUT2D eigenvalue weighted by atomic mass is 9.70. The lowest BCUT2D eigenvalue weighted by Gasteiger charge is -2.29. The molecule has 1 aliphatic heterocycles. The average molecular weight is 610 g/mol. The summed E-state index contributed by atoms with van der Waals surface area (Å²) in [4.78, 5) is 44.5. The highest BCUT2D eigenvalue weighted by Gasteiger charge is 2.56. The number of nitrogens with one attached hydrogen (secondary N) is 1. The van der Waals surface area contributed by atoms with Gasteiger partial charge in [-0.1, -0.05) is 28.9 Å². The van der Waals surface area contributed by atoms with Crippen molar-refractivity contribution in [3.63, 3.8) is 0 Å². The number of aromatic hydroxyl groups is 2. The Hall–Kier alpha value is -4.09. The van der Waals surface area contributed by atoms with Crippen LogP contribution in [0.25, 0.3) is 11.4 Å². The number of hydrogen-bond donors (Lipinski definition) is 3. The summed E-state index contributed by atoms with van der Waals surface area (Å²) in [7, 11) is 0. The van der Waals surface area contributed by atoms with E-state index in [0.717, 1.165) is 0 Å². The van der Waals surface area contributed by atoms with Crippen molar-refractivity contribution >= 4 is 40.7 Å². The highest BCUT2D eigenvalue weighted by atomic mass is 35.5. The van der Waals surface area contributed by atoms with Gasteiger partial charge in [-0.2, -0.15) is 16.7 Å². The number of Topliss-reactive ketones (excluding diaryl/α,β-unsaturated/α-hetero) is 2.